The summed E-state index contributed by atoms with van der Waals surface area (Å²) in [6.45, 7) is 2.88. The summed E-state index contributed by atoms with van der Waals surface area (Å²) < 4.78 is 12.2. The van der Waals surface area contributed by atoms with Crippen LogP contribution in [0.4, 0.5) is 0 Å². The highest BCUT2D eigenvalue weighted by molar-refractivity contribution is 6.31. The van der Waals surface area contributed by atoms with Crippen LogP contribution in [0.5, 0.6) is 5.75 Å². The van der Waals surface area contributed by atoms with Gasteiger partial charge in [-0.05, 0) is 73.7 Å². The van der Waals surface area contributed by atoms with E-state index < -0.39 is 42.3 Å². The molecule has 0 saturated carbocycles. The third-order valence-electron chi connectivity index (χ3n) is 8.97. The molecule has 0 bridgehead atoms. The van der Waals surface area contributed by atoms with E-state index in [1.54, 1.807) is 6.07 Å². The Balaban J connectivity index is 1.45. The van der Waals surface area contributed by atoms with Crippen LogP contribution < -0.4 is 15.4 Å². The molecule has 3 fully saturated rings. The van der Waals surface area contributed by atoms with Crippen LogP contribution in [-0.2, 0) is 14.3 Å². The van der Waals surface area contributed by atoms with Gasteiger partial charge >= 0.3 is 11.9 Å². The molecule has 0 aromatic heterocycles. The number of aliphatic hydroxyl groups is 2. The molecule has 0 aliphatic carbocycles. The second kappa shape index (κ2) is 13.3. The molecule has 228 valence electrons. The summed E-state index contributed by atoms with van der Waals surface area (Å²) in [6.07, 6.45) is 0.263. The van der Waals surface area contributed by atoms with Crippen molar-refractivity contribution in [3.63, 3.8) is 0 Å². The van der Waals surface area contributed by atoms with E-state index in [-0.39, 0.29) is 30.5 Å². The highest BCUT2D eigenvalue weighted by atomic mass is 35.5. The first-order valence-corrected chi connectivity index (χ1v) is 15.0. The monoisotopic (exact) mass is 602 g/mol. The smallest absolute Gasteiger partial charge is 0.321 e. The molecule has 0 amide bonds. The molecule has 3 heterocycles. The fourth-order valence-electron chi connectivity index (χ4n) is 6.89. The van der Waals surface area contributed by atoms with Gasteiger partial charge in [0.2, 0.25) is 0 Å². The van der Waals surface area contributed by atoms with Crippen molar-refractivity contribution in [3.05, 3.63) is 64.2 Å². The first-order valence-electron chi connectivity index (χ1n) is 14.6. The quantitative estimate of drug-likeness (QED) is 0.239. The maximum atomic E-state index is 12.2. The van der Waals surface area contributed by atoms with Gasteiger partial charge in [-0.1, -0.05) is 35.9 Å². The van der Waals surface area contributed by atoms with Gasteiger partial charge in [-0.15, -0.1) is 0 Å². The zero-order chi connectivity index (χ0) is 30.0. The van der Waals surface area contributed by atoms with Gasteiger partial charge in [0.25, 0.3) is 0 Å². The summed E-state index contributed by atoms with van der Waals surface area (Å²) in [7, 11) is 0. The molecular weight excluding hydrogens is 564 g/mol. The van der Waals surface area contributed by atoms with Gasteiger partial charge < -0.3 is 40.5 Å². The number of carboxylic acids is 2. The van der Waals surface area contributed by atoms with Gasteiger partial charge in [-0.2, -0.15) is 0 Å². The summed E-state index contributed by atoms with van der Waals surface area (Å²) in [6, 6.07) is 11.6. The van der Waals surface area contributed by atoms with Gasteiger partial charge in [0, 0.05) is 29.7 Å². The van der Waals surface area contributed by atoms with E-state index in [0.717, 1.165) is 16.7 Å². The number of benzene rings is 2. The van der Waals surface area contributed by atoms with E-state index in [0.29, 0.717) is 49.5 Å². The lowest BCUT2D eigenvalue weighted by Gasteiger charge is -2.34. The Morgan fingerprint density at radius 1 is 1.00 bits per heavy atom. The molecule has 10 nitrogen and oxygen atoms in total. The van der Waals surface area contributed by atoms with Crippen molar-refractivity contribution in [1.82, 2.24) is 10.6 Å². The second-order valence-corrected chi connectivity index (χ2v) is 12.1. The van der Waals surface area contributed by atoms with Crippen LogP contribution in [0.2, 0.25) is 5.02 Å². The van der Waals surface area contributed by atoms with Crippen molar-refractivity contribution in [2.75, 3.05) is 19.7 Å². The SMILES string of the molecule is CC(Oc1ccc(C(c2cc([C@H]3C[C@@H](O)C[C@@H](CO)O3)ccc2Cl)C2CCN[C@@H]2C(=O)O)cc1)C1CCN[C@@H]1C(=O)O. The van der Waals surface area contributed by atoms with Gasteiger partial charge in [0.05, 0.1) is 24.9 Å². The number of halogens is 1. The molecule has 42 heavy (non-hydrogen) atoms. The van der Waals surface area contributed by atoms with Crippen LogP contribution in [0.25, 0.3) is 0 Å². The highest BCUT2D eigenvalue weighted by Gasteiger charge is 2.41. The lowest BCUT2D eigenvalue weighted by atomic mass is 9.76. The number of carboxylic acid groups (broad SMARTS) is 2. The van der Waals surface area contributed by atoms with Crippen molar-refractivity contribution >= 4 is 23.5 Å². The predicted molar refractivity (Wildman–Crippen MR) is 155 cm³/mol. The number of rotatable bonds is 10. The third-order valence-corrected chi connectivity index (χ3v) is 9.32. The number of ether oxygens (including phenoxy) is 2. The van der Waals surface area contributed by atoms with E-state index in [2.05, 4.69) is 10.6 Å². The maximum Gasteiger partial charge on any atom is 0.321 e. The second-order valence-electron chi connectivity index (χ2n) is 11.7. The van der Waals surface area contributed by atoms with Crippen LogP contribution >= 0.6 is 11.6 Å². The minimum atomic E-state index is -0.925. The van der Waals surface area contributed by atoms with Crippen molar-refractivity contribution in [2.45, 2.75) is 75.0 Å². The van der Waals surface area contributed by atoms with E-state index in [9.17, 15) is 30.0 Å². The van der Waals surface area contributed by atoms with E-state index in [4.69, 9.17) is 21.1 Å². The summed E-state index contributed by atoms with van der Waals surface area (Å²) in [5.41, 5.74) is 2.45. The highest BCUT2D eigenvalue weighted by Crippen LogP contribution is 2.43. The summed E-state index contributed by atoms with van der Waals surface area (Å²) >= 11 is 6.81. The molecule has 3 aliphatic rings. The van der Waals surface area contributed by atoms with Crippen molar-refractivity contribution in [3.8, 4) is 5.75 Å². The third kappa shape index (κ3) is 6.59. The number of carbonyl (C=O) groups is 2. The Hall–Kier alpha value is -2.73. The molecule has 0 radical (unpaired) electrons. The fraction of sp³-hybridized carbons (Fsp3) is 0.548. The van der Waals surface area contributed by atoms with Crippen molar-refractivity contribution in [2.24, 2.45) is 11.8 Å². The molecule has 2 aromatic carbocycles. The molecule has 4 unspecified atom stereocenters. The molecule has 6 N–H and O–H groups in total. The Labute approximate surface area is 250 Å². The Morgan fingerprint density at radius 2 is 1.64 bits per heavy atom. The molecule has 3 aliphatic heterocycles. The molecule has 11 heteroatoms. The largest absolute Gasteiger partial charge is 0.490 e. The molecule has 0 spiro atoms. The van der Waals surface area contributed by atoms with Gasteiger partial charge in [-0.25, -0.2) is 0 Å². The van der Waals surface area contributed by atoms with Crippen LogP contribution in [0.3, 0.4) is 0 Å². The van der Waals surface area contributed by atoms with E-state index in [1.165, 1.54) is 0 Å². The van der Waals surface area contributed by atoms with Gasteiger partial charge in [0.1, 0.15) is 23.9 Å². The minimum absolute atomic E-state index is 0.164. The minimum Gasteiger partial charge on any atom is -0.490 e. The zero-order valence-electron chi connectivity index (χ0n) is 23.5. The first kappa shape index (κ1) is 30.7. The molecule has 5 rings (SSSR count). The first-order chi connectivity index (χ1) is 20.2. The number of nitrogens with one attached hydrogen (secondary N) is 2. The number of hydrogen-bond acceptors (Lipinski definition) is 8. The normalized spacial score (nSPS) is 31.0. The van der Waals surface area contributed by atoms with Gasteiger partial charge in [0.15, 0.2) is 0 Å². The average Bonchev–Trinajstić information content (AvgIpc) is 3.65. The van der Waals surface area contributed by atoms with Crippen molar-refractivity contribution in [1.29, 1.82) is 0 Å². The van der Waals surface area contributed by atoms with Crippen LogP contribution in [0.1, 0.15) is 61.3 Å². The Morgan fingerprint density at radius 3 is 2.29 bits per heavy atom. The fourth-order valence-corrected chi connectivity index (χ4v) is 7.12. The Bertz CT molecular complexity index is 1260. The predicted octanol–water partition coefficient (Wildman–Crippen LogP) is 2.94. The molecule has 3 saturated heterocycles. The summed E-state index contributed by atoms with van der Waals surface area (Å²) in [5, 5.41) is 46.2. The summed E-state index contributed by atoms with van der Waals surface area (Å²) in [5.74, 6) is -2.03. The number of hydrogen-bond donors (Lipinski definition) is 6. The average molecular weight is 603 g/mol. The molecule has 2 aromatic rings. The van der Waals surface area contributed by atoms with E-state index >= 15 is 0 Å². The summed E-state index contributed by atoms with van der Waals surface area (Å²) in [4.78, 5) is 23.8. The molecule has 9 atom stereocenters. The van der Waals surface area contributed by atoms with Gasteiger partial charge in [-0.3, -0.25) is 9.59 Å². The molecular formula is C31H39ClN2O8. The van der Waals surface area contributed by atoms with Crippen LogP contribution in [0, 0.1) is 11.8 Å². The van der Waals surface area contributed by atoms with Crippen molar-refractivity contribution < 1.29 is 39.5 Å². The maximum absolute atomic E-state index is 12.2. The lowest BCUT2D eigenvalue weighted by molar-refractivity contribution is -0.141. The van der Waals surface area contributed by atoms with E-state index in [1.807, 2.05) is 43.3 Å². The number of aliphatic hydroxyl groups excluding tert-OH is 2. The van der Waals surface area contributed by atoms with Crippen LogP contribution in [0.15, 0.2) is 42.5 Å². The Kier molecular flexibility index (Phi) is 9.71. The zero-order valence-corrected chi connectivity index (χ0v) is 24.2. The topological polar surface area (TPSA) is 158 Å². The lowest BCUT2D eigenvalue weighted by Crippen LogP contribution is -2.41. The van der Waals surface area contributed by atoms with Crippen LogP contribution in [-0.4, -0.2) is 82.5 Å². The number of aliphatic carboxylic acids is 2. The standard InChI is InChI=1S/C31H39ClN2O8/c1-16(22-8-10-33-28(22)30(37)38)41-20-5-2-17(3-6-20)27(23-9-11-34-29(23)31(39)40)24-12-18(4-7-25(24)32)26-14-19(36)13-21(15-35)42-26/h2-7,12,16,19,21-23,26-29,33-36H,8-11,13-15H2,1H3,(H,37,38)(H,39,40)/t16?,19-,21-,22?,23?,26+,27?,28-,29-/m0/s1.